The number of guanidine groups is 1. The molecule has 0 radical (unpaired) electrons. The SMILES string of the molecule is CCC[C@H](NC(=O)[C@@H](NC(=O)[C@@H](CCc1ccc(Cl)cc1)NC(C)=O)[C@@H](C)O)C(=O)N[C@H](C(=O)N[C@@H](CCCN=C(N)N)C(=O)N1CCC[C@H]1C(=O)NCC)[C@@H](C)CC. The first-order valence-corrected chi connectivity index (χ1v) is 20.9. The number of aliphatic hydroxyl groups excluding tert-OH is 1. The van der Waals surface area contributed by atoms with Crippen LogP contribution in [-0.2, 0) is 40.0 Å². The van der Waals surface area contributed by atoms with Crippen LogP contribution in [0.5, 0.6) is 0 Å². The Balaban J connectivity index is 2.27. The molecule has 2 rings (SSSR count). The van der Waals surface area contributed by atoms with Gasteiger partial charge in [0.15, 0.2) is 5.96 Å². The molecule has 0 aromatic heterocycles. The van der Waals surface area contributed by atoms with Crippen molar-refractivity contribution in [1.82, 2.24) is 36.8 Å². The quantitative estimate of drug-likeness (QED) is 0.0385. The van der Waals surface area contributed by atoms with Gasteiger partial charge in [0.05, 0.1) is 6.10 Å². The summed E-state index contributed by atoms with van der Waals surface area (Å²) in [6, 6.07) is 0.366. The highest BCUT2D eigenvalue weighted by Gasteiger charge is 2.39. The van der Waals surface area contributed by atoms with E-state index in [9.17, 15) is 38.7 Å². The summed E-state index contributed by atoms with van der Waals surface area (Å²) >= 11 is 5.98. The lowest BCUT2D eigenvalue weighted by molar-refractivity contribution is -0.142. The molecule has 8 atom stereocenters. The van der Waals surface area contributed by atoms with E-state index in [2.05, 4.69) is 36.9 Å². The molecule has 1 heterocycles. The van der Waals surface area contributed by atoms with Gasteiger partial charge in [-0.3, -0.25) is 38.6 Å². The number of nitrogens with two attached hydrogens (primary N) is 2. The number of halogens is 1. The van der Waals surface area contributed by atoms with Crippen LogP contribution in [0.4, 0.5) is 0 Å². The second-order valence-corrected chi connectivity index (χ2v) is 15.4. The molecule has 11 N–H and O–H groups in total. The van der Waals surface area contributed by atoms with Gasteiger partial charge in [-0.15, -0.1) is 0 Å². The summed E-state index contributed by atoms with van der Waals surface area (Å²) in [6.07, 6.45) is 1.77. The summed E-state index contributed by atoms with van der Waals surface area (Å²) in [7, 11) is 0. The molecule has 59 heavy (non-hydrogen) atoms. The number of aryl methyl sites for hydroxylation is 1. The fraction of sp³-hybridized carbons (Fsp3) is 0.650. The molecule has 18 nitrogen and oxygen atoms in total. The zero-order valence-electron chi connectivity index (χ0n) is 35.1. The standard InChI is InChI=1S/C40H65ClN10O8/c1-7-12-28(47-38(58)33(24(5)52)50-35(55)29(46-25(6)53)20-17-26-15-18-27(41)19-16-26)34(54)49-32(23(4)8-2)37(57)48-30(13-10-21-45-40(42)43)39(59)51-22-11-14-31(51)36(56)44-9-3/h15-16,18-19,23-24,28-33,52H,7-14,17,20-22H2,1-6H3,(H,44,56)(H,46,53)(H,47,58)(H,48,57)(H,49,54)(H,50,55)(H4,42,43,45)/t23-,24+,28-,29+,30-,31-,32-,33-/m0/s1. The molecule has 0 spiro atoms. The fourth-order valence-corrected chi connectivity index (χ4v) is 6.85. The second-order valence-electron chi connectivity index (χ2n) is 15.0. The highest BCUT2D eigenvalue weighted by Crippen LogP contribution is 2.21. The molecule has 1 aromatic rings. The second kappa shape index (κ2) is 25.5. The van der Waals surface area contributed by atoms with Crippen molar-refractivity contribution >= 4 is 58.9 Å². The first-order valence-electron chi connectivity index (χ1n) is 20.5. The van der Waals surface area contributed by atoms with Crippen LogP contribution in [0.3, 0.4) is 0 Å². The number of carbonyl (C=O) groups excluding carboxylic acids is 7. The molecule has 0 saturated carbocycles. The largest absolute Gasteiger partial charge is 0.391 e. The number of hydrogen-bond donors (Lipinski definition) is 9. The molecule has 0 unspecified atom stereocenters. The van der Waals surface area contributed by atoms with Gasteiger partial charge in [-0.2, -0.15) is 0 Å². The van der Waals surface area contributed by atoms with Gasteiger partial charge in [0.25, 0.3) is 0 Å². The summed E-state index contributed by atoms with van der Waals surface area (Å²) in [6.45, 7) is 10.6. The summed E-state index contributed by atoms with van der Waals surface area (Å²) < 4.78 is 0. The Morgan fingerprint density at radius 1 is 0.831 bits per heavy atom. The average Bonchev–Trinajstić information content (AvgIpc) is 3.68. The molecule has 1 aliphatic heterocycles. The molecule has 1 fully saturated rings. The van der Waals surface area contributed by atoms with E-state index in [4.69, 9.17) is 23.1 Å². The van der Waals surface area contributed by atoms with E-state index in [1.54, 1.807) is 45.0 Å². The molecular weight excluding hydrogens is 784 g/mol. The third-order valence-electron chi connectivity index (χ3n) is 10.1. The lowest BCUT2D eigenvalue weighted by Crippen LogP contribution is -2.62. The summed E-state index contributed by atoms with van der Waals surface area (Å²) in [4.78, 5) is 99.3. The van der Waals surface area contributed by atoms with Crippen molar-refractivity contribution in [2.24, 2.45) is 22.4 Å². The van der Waals surface area contributed by atoms with Crippen molar-refractivity contribution in [2.75, 3.05) is 19.6 Å². The van der Waals surface area contributed by atoms with Crippen LogP contribution >= 0.6 is 11.6 Å². The van der Waals surface area contributed by atoms with Gasteiger partial charge in [-0.1, -0.05) is 57.3 Å². The van der Waals surface area contributed by atoms with E-state index in [0.29, 0.717) is 56.6 Å². The number of likely N-dealkylation sites (tertiary alicyclic amines) is 1. The summed E-state index contributed by atoms with van der Waals surface area (Å²) in [5.74, 6) is -4.65. The van der Waals surface area contributed by atoms with Crippen LogP contribution in [0.1, 0.15) is 98.5 Å². The topological polar surface area (TPSA) is 280 Å². The van der Waals surface area contributed by atoms with E-state index in [0.717, 1.165) is 5.56 Å². The monoisotopic (exact) mass is 848 g/mol. The Kier molecular flexibility index (Phi) is 21.7. The molecule has 0 bridgehead atoms. The number of aliphatic hydroxyl groups is 1. The number of nitrogens with one attached hydrogen (secondary N) is 6. The van der Waals surface area contributed by atoms with Crippen molar-refractivity contribution < 1.29 is 38.7 Å². The number of benzene rings is 1. The van der Waals surface area contributed by atoms with Gasteiger partial charge in [0.1, 0.15) is 36.3 Å². The number of rotatable bonds is 24. The molecule has 0 aliphatic carbocycles. The minimum Gasteiger partial charge on any atom is -0.391 e. The molecule has 19 heteroatoms. The predicted octanol–water partition coefficient (Wildman–Crippen LogP) is 0.124. The molecule has 1 aliphatic rings. The summed E-state index contributed by atoms with van der Waals surface area (Å²) in [5.41, 5.74) is 11.8. The van der Waals surface area contributed by atoms with Crippen LogP contribution in [0.15, 0.2) is 29.3 Å². The van der Waals surface area contributed by atoms with Gasteiger partial charge in [0, 0.05) is 31.6 Å². The van der Waals surface area contributed by atoms with Gasteiger partial charge < -0.3 is 53.4 Å². The smallest absolute Gasteiger partial charge is 0.245 e. The molecular formula is C40H65ClN10O8. The van der Waals surface area contributed by atoms with E-state index in [1.165, 1.54) is 18.7 Å². The molecule has 330 valence electrons. The molecule has 1 saturated heterocycles. The number of carbonyl (C=O) groups is 7. The maximum atomic E-state index is 14.0. The normalized spacial score (nSPS) is 17.2. The van der Waals surface area contributed by atoms with E-state index in [1.807, 2.05) is 6.92 Å². The van der Waals surface area contributed by atoms with Crippen molar-refractivity contribution in [3.8, 4) is 0 Å². The van der Waals surface area contributed by atoms with Crippen LogP contribution < -0.4 is 43.4 Å². The zero-order valence-corrected chi connectivity index (χ0v) is 35.9. The third kappa shape index (κ3) is 16.7. The molecule has 7 amide bonds. The maximum absolute atomic E-state index is 14.0. The van der Waals surface area contributed by atoms with Crippen LogP contribution in [0.25, 0.3) is 0 Å². The number of likely N-dealkylation sites (N-methyl/N-ethyl adjacent to an activating group) is 1. The Labute approximate surface area is 352 Å². The van der Waals surface area contributed by atoms with E-state index >= 15 is 0 Å². The number of nitrogens with zero attached hydrogens (tertiary/aromatic N) is 2. The average molecular weight is 849 g/mol. The first kappa shape index (κ1) is 50.2. The summed E-state index contributed by atoms with van der Waals surface area (Å²) in [5, 5.41) is 27.2. The van der Waals surface area contributed by atoms with Gasteiger partial charge >= 0.3 is 0 Å². The van der Waals surface area contributed by atoms with Crippen LogP contribution in [-0.4, -0.2) is 119 Å². The minimum absolute atomic E-state index is 0.123. The lowest BCUT2D eigenvalue weighted by atomic mass is 9.96. The number of hydrogen-bond acceptors (Lipinski definition) is 9. The van der Waals surface area contributed by atoms with Crippen molar-refractivity contribution in [1.29, 1.82) is 0 Å². The third-order valence-corrected chi connectivity index (χ3v) is 10.4. The van der Waals surface area contributed by atoms with Crippen molar-refractivity contribution in [2.45, 2.75) is 142 Å². The Hall–Kier alpha value is -4.97. The Morgan fingerprint density at radius 3 is 1.98 bits per heavy atom. The number of amides is 7. The van der Waals surface area contributed by atoms with Gasteiger partial charge in [-0.05, 0) is 82.4 Å². The highest BCUT2D eigenvalue weighted by atomic mass is 35.5. The Bertz CT molecular complexity index is 1610. The lowest BCUT2D eigenvalue weighted by Gasteiger charge is -2.31. The highest BCUT2D eigenvalue weighted by molar-refractivity contribution is 6.30. The fourth-order valence-electron chi connectivity index (χ4n) is 6.73. The van der Waals surface area contributed by atoms with Gasteiger partial charge in [-0.25, -0.2) is 0 Å². The number of aliphatic imine (C=N–C) groups is 1. The van der Waals surface area contributed by atoms with Gasteiger partial charge in [0.2, 0.25) is 41.4 Å². The van der Waals surface area contributed by atoms with Crippen molar-refractivity contribution in [3.63, 3.8) is 0 Å². The minimum atomic E-state index is -1.50. The van der Waals surface area contributed by atoms with Crippen molar-refractivity contribution in [3.05, 3.63) is 34.9 Å². The van der Waals surface area contributed by atoms with E-state index < -0.39 is 83.7 Å². The first-order chi connectivity index (χ1) is 27.9. The Morgan fingerprint density at radius 2 is 1.42 bits per heavy atom. The zero-order chi connectivity index (χ0) is 44.2. The van der Waals surface area contributed by atoms with E-state index in [-0.39, 0.29) is 37.7 Å². The molecule has 1 aromatic carbocycles. The van der Waals surface area contributed by atoms with Crippen LogP contribution in [0.2, 0.25) is 5.02 Å². The maximum Gasteiger partial charge on any atom is 0.245 e. The van der Waals surface area contributed by atoms with Crippen LogP contribution in [0, 0.1) is 5.92 Å². The predicted molar refractivity (Wildman–Crippen MR) is 224 cm³/mol.